The van der Waals surface area contributed by atoms with Crippen molar-refractivity contribution in [3.63, 3.8) is 0 Å². The molecule has 2 unspecified atom stereocenters. The van der Waals surface area contributed by atoms with E-state index in [0.29, 0.717) is 5.92 Å². The molecule has 0 spiro atoms. The van der Waals surface area contributed by atoms with Crippen molar-refractivity contribution in [3.05, 3.63) is 12.2 Å². The quantitative estimate of drug-likeness (QED) is 0.0852. The molecule has 30 heavy (non-hydrogen) atoms. The van der Waals surface area contributed by atoms with Crippen molar-refractivity contribution in [1.29, 1.82) is 0 Å². The van der Waals surface area contributed by atoms with E-state index in [0.717, 1.165) is 13.0 Å². The first kappa shape index (κ1) is 32.8. The van der Waals surface area contributed by atoms with E-state index in [1.807, 2.05) is 6.92 Å². The van der Waals surface area contributed by atoms with Crippen molar-refractivity contribution >= 4 is 29.7 Å². The molecule has 0 aromatic carbocycles. The molecule has 0 fully saturated rings. The molecule has 0 aliphatic carbocycles. The summed E-state index contributed by atoms with van der Waals surface area (Å²) in [5.41, 5.74) is 2.47. The first-order valence-electron chi connectivity index (χ1n) is 12.3. The van der Waals surface area contributed by atoms with Crippen LogP contribution in [0.2, 0.25) is 0 Å². The molecule has 6 heteroatoms. The second kappa shape index (κ2) is 24.3. The van der Waals surface area contributed by atoms with E-state index in [2.05, 4.69) is 57.0 Å². The Labute approximate surface area is 199 Å². The highest BCUT2D eigenvalue weighted by Crippen LogP contribution is 2.44. The summed E-state index contributed by atoms with van der Waals surface area (Å²) in [5.74, 6) is 0.528. The lowest BCUT2D eigenvalue weighted by molar-refractivity contribution is -0.177. The highest BCUT2D eigenvalue weighted by atomic mass is 32.9. The van der Waals surface area contributed by atoms with Crippen LogP contribution in [0.5, 0.6) is 0 Å². The van der Waals surface area contributed by atoms with Crippen LogP contribution in [0.3, 0.4) is 0 Å². The standard InChI is InChI=1S/C18H37N.C6H15O2PS2/c1-2-3-4-5-6-7-8-9-10-11-12-13-14-15-16-17-18-19;1-5(2)4-6(3)8-9(7,10)11/h9-10H,2-8,11-19H2,1H3;5-6H,4H2,1-3H3,(H2,7,10,11)/p-1/b10-9-;. The van der Waals surface area contributed by atoms with Crippen molar-refractivity contribution in [2.24, 2.45) is 11.7 Å². The Bertz CT molecular complexity index is 414. The number of unbranched alkanes of at least 4 members (excludes halogenated alkanes) is 12. The third kappa shape index (κ3) is 33.3. The molecule has 2 N–H and O–H groups in total. The molecule has 0 rings (SSSR count). The van der Waals surface area contributed by atoms with E-state index in [9.17, 15) is 4.89 Å². The van der Waals surface area contributed by atoms with Gasteiger partial charge in [0.2, 0.25) is 0 Å². The third-order valence-electron chi connectivity index (χ3n) is 4.83. The van der Waals surface area contributed by atoms with Crippen molar-refractivity contribution in [3.8, 4) is 0 Å². The van der Waals surface area contributed by atoms with Crippen LogP contribution in [0.25, 0.3) is 0 Å². The maximum atomic E-state index is 10.9. The zero-order chi connectivity index (χ0) is 23.1. The van der Waals surface area contributed by atoms with Crippen LogP contribution in [-0.4, -0.2) is 12.6 Å². The van der Waals surface area contributed by atoms with Gasteiger partial charge >= 0.3 is 0 Å². The predicted molar refractivity (Wildman–Crippen MR) is 142 cm³/mol. The molecule has 182 valence electrons. The second-order valence-electron chi connectivity index (χ2n) is 8.74. The van der Waals surface area contributed by atoms with E-state index < -0.39 is 5.69 Å². The van der Waals surface area contributed by atoms with Crippen molar-refractivity contribution in [1.82, 2.24) is 0 Å². The molecule has 0 radical (unpaired) electrons. The van der Waals surface area contributed by atoms with Crippen LogP contribution in [-0.2, 0) is 16.3 Å². The second-order valence-corrected chi connectivity index (χ2v) is 13.7. The Morgan fingerprint density at radius 1 is 0.867 bits per heavy atom. The molecule has 0 aromatic heterocycles. The minimum absolute atomic E-state index is 0.0594. The van der Waals surface area contributed by atoms with Crippen LogP contribution in [0.15, 0.2) is 12.2 Å². The minimum Gasteiger partial charge on any atom is -0.793 e. The summed E-state index contributed by atoms with van der Waals surface area (Å²) in [7, 11) is 0. The molecular formula is C24H51NO2PS2-. The molecule has 0 saturated carbocycles. The highest BCUT2D eigenvalue weighted by Gasteiger charge is 2.07. The average Bonchev–Trinajstić information content (AvgIpc) is 2.63. The van der Waals surface area contributed by atoms with Crippen LogP contribution in [0, 0.1) is 5.92 Å². The summed E-state index contributed by atoms with van der Waals surface area (Å²) in [5, 5.41) is 0. The molecule has 0 aliphatic heterocycles. The lowest BCUT2D eigenvalue weighted by atomic mass is 10.1. The maximum Gasteiger partial charge on any atom is 0.0596 e. The van der Waals surface area contributed by atoms with Crippen LogP contribution in [0.4, 0.5) is 0 Å². The van der Waals surface area contributed by atoms with Gasteiger partial charge in [0.15, 0.2) is 0 Å². The zero-order valence-corrected chi connectivity index (χ0v) is 22.9. The van der Waals surface area contributed by atoms with Gasteiger partial charge in [0.05, 0.1) is 6.10 Å². The van der Waals surface area contributed by atoms with Crippen LogP contribution in [0.1, 0.15) is 124 Å². The van der Waals surface area contributed by atoms with Gasteiger partial charge in [-0.2, -0.15) is 0 Å². The van der Waals surface area contributed by atoms with E-state index in [1.165, 1.54) is 89.9 Å². The van der Waals surface area contributed by atoms with Gasteiger partial charge in [0.1, 0.15) is 0 Å². The molecule has 0 amide bonds. The summed E-state index contributed by atoms with van der Waals surface area (Å²) < 4.78 is 4.98. The maximum absolute atomic E-state index is 10.9. The van der Waals surface area contributed by atoms with Gasteiger partial charge in [-0.05, 0) is 57.9 Å². The predicted octanol–water partition coefficient (Wildman–Crippen LogP) is 7.93. The topological polar surface area (TPSA) is 58.3 Å². The summed E-state index contributed by atoms with van der Waals surface area (Å²) in [6, 6.07) is 0. The van der Waals surface area contributed by atoms with Gasteiger partial charge in [-0.25, -0.2) is 0 Å². The van der Waals surface area contributed by atoms with E-state index in [4.69, 9.17) is 10.3 Å². The molecule has 0 aromatic rings. The van der Waals surface area contributed by atoms with Crippen LogP contribution < -0.4 is 10.6 Å². The van der Waals surface area contributed by atoms with E-state index in [-0.39, 0.29) is 6.10 Å². The molecule has 3 nitrogen and oxygen atoms in total. The fraction of sp³-hybridized carbons (Fsp3) is 0.917. The van der Waals surface area contributed by atoms with Crippen molar-refractivity contribution in [2.75, 3.05) is 6.54 Å². The molecular weight excluding hydrogens is 429 g/mol. The van der Waals surface area contributed by atoms with Gasteiger partial charge in [-0.15, -0.1) is 12.2 Å². The lowest BCUT2D eigenvalue weighted by Crippen LogP contribution is -2.12. The number of thiol groups is 1. The summed E-state index contributed by atoms with van der Waals surface area (Å²) in [6.07, 6.45) is 24.7. The van der Waals surface area contributed by atoms with Gasteiger partial charge in [-0.1, -0.05) is 103 Å². The smallest absolute Gasteiger partial charge is 0.0596 e. The largest absolute Gasteiger partial charge is 0.793 e. The molecule has 0 aliphatic rings. The Kier molecular flexibility index (Phi) is 26.5. The SMILES string of the molecule is CC(C)CC(C)OP([O-])(=S)S.CCCCCCCC/C=C\CCCCCCCCN. The van der Waals surface area contributed by atoms with E-state index in [1.54, 1.807) is 0 Å². The fourth-order valence-electron chi connectivity index (χ4n) is 3.33. The number of hydrogen-bond acceptors (Lipinski definition) is 4. The first-order chi connectivity index (χ1) is 14.2. The van der Waals surface area contributed by atoms with Gasteiger partial charge in [-0.3, -0.25) is 0 Å². The highest BCUT2D eigenvalue weighted by molar-refractivity contribution is 8.59. The minimum atomic E-state index is -3.00. The number of rotatable bonds is 19. The average molecular weight is 481 g/mol. The van der Waals surface area contributed by atoms with Crippen molar-refractivity contribution in [2.45, 2.75) is 130 Å². The summed E-state index contributed by atoms with van der Waals surface area (Å²) >= 11 is 8.18. The summed E-state index contributed by atoms with van der Waals surface area (Å²) in [4.78, 5) is 10.9. The molecule has 0 heterocycles. The molecule has 0 bridgehead atoms. The summed E-state index contributed by atoms with van der Waals surface area (Å²) in [6.45, 7) is 9.15. The Morgan fingerprint density at radius 2 is 1.30 bits per heavy atom. The van der Waals surface area contributed by atoms with Gasteiger partial charge < -0.3 is 15.2 Å². The van der Waals surface area contributed by atoms with Gasteiger partial charge in [0, 0.05) is 5.69 Å². The number of nitrogens with two attached hydrogens (primary N) is 1. The molecule has 0 saturated heterocycles. The Hall–Kier alpha value is 0.620. The normalized spacial score (nSPS) is 14.5. The van der Waals surface area contributed by atoms with Gasteiger partial charge in [0.25, 0.3) is 0 Å². The Morgan fingerprint density at radius 3 is 1.70 bits per heavy atom. The third-order valence-corrected chi connectivity index (χ3v) is 6.00. The number of allylic oxidation sites excluding steroid dienone is 2. The Balaban J connectivity index is 0. The monoisotopic (exact) mass is 480 g/mol. The number of hydrogen-bond donors (Lipinski definition) is 2. The lowest BCUT2D eigenvalue weighted by Gasteiger charge is -2.26. The van der Waals surface area contributed by atoms with Crippen LogP contribution >= 0.6 is 17.9 Å². The van der Waals surface area contributed by atoms with Crippen molar-refractivity contribution < 1.29 is 9.42 Å². The fourth-order valence-corrected chi connectivity index (χ4v) is 4.79. The van der Waals surface area contributed by atoms with E-state index >= 15 is 0 Å². The molecule has 2 atom stereocenters. The zero-order valence-electron chi connectivity index (χ0n) is 20.3. The first-order valence-corrected chi connectivity index (χ1v) is 16.1.